The molecule has 0 aliphatic rings. The Kier molecular flexibility index (Phi) is 52.9. The number of esters is 2. The van der Waals surface area contributed by atoms with Crippen molar-refractivity contribution in [2.75, 3.05) is 19.8 Å². The Morgan fingerprint density at radius 3 is 1.16 bits per heavy atom. The molecular formula is C59H106O5. The molecular weight excluding hydrogens is 789 g/mol. The Bertz CT molecular complexity index is 1100. The normalized spacial score (nSPS) is 12.6. The number of ether oxygens (including phenoxy) is 3. The quantitative estimate of drug-likeness (QED) is 0.0346. The first kappa shape index (κ1) is 61.6. The highest BCUT2D eigenvalue weighted by Gasteiger charge is 2.17. The first-order valence-electron chi connectivity index (χ1n) is 27.8. The Hall–Kier alpha value is -2.40. The van der Waals surface area contributed by atoms with Crippen LogP contribution in [0.4, 0.5) is 0 Å². The Morgan fingerprint density at radius 1 is 0.359 bits per heavy atom. The van der Waals surface area contributed by atoms with Gasteiger partial charge in [0, 0.05) is 19.4 Å². The largest absolute Gasteiger partial charge is 0.462 e. The van der Waals surface area contributed by atoms with E-state index in [1.54, 1.807) is 0 Å². The summed E-state index contributed by atoms with van der Waals surface area (Å²) in [5.41, 5.74) is 0. The Morgan fingerprint density at radius 2 is 0.703 bits per heavy atom. The highest BCUT2D eigenvalue weighted by atomic mass is 16.6. The predicted molar refractivity (Wildman–Crippen MR) is 279 cm³/mol. The van der Waals surface area contributed by atoms with Gasteiger partial charge in [-0.15, -0.1) is 0 Å². The molecule has 5 heteroatoms. The molecule has 0 saturated heterocycles. The second-order valence-corrected chi connectivity index (χ2v) is 18.5. The van der Waals surface area contributed by atoms with Crippen molar-refractivity contribution in [2.24, 2.45) is 0 Å². The summed E-state index contributed by atoms with van der Waals surface area (Å²) in [5.74, 6) is -0.402. The Balaban J connectivity index is 4.24. The first-order chi connectivity index (χ1) is 31.6. The van der Waals surface area contributed by atoms with Crippen molar-refractivity contribution in [1.29, 1.82) is 0 Å². The van der Waals surface area contributed by atoms with Gasteiger partial charge in [0.1, 0.15) is 6.61 Å². The van der Waals surface area contributed by atoms with Crippen LogP contribution in [0.3, 0.4) is 0 Å². The summed E-state index contributed by atoms with van der Waals surface area (Å²) >= 11 is 0. The molecule has 0 fully saturated rings. The first-order valence-corrected chi connectivity index (χ1v) is 27.8. The van der Waals surface area contributed by atoms with Crippen LogP contribution < -0.4 is 0 Å². The molecule has 0 amide bonds. The van der Waals surface area contributed by atoms with Gasteiger partial charge in [-0.25, -0.2) is 0 Å². The van der Waals surface area contributed by atoms with Crippen molar-refractivity contribution < 1.29 is 23.8 Å². The fraction of sp³-hybridized carbons (Fsp3) is 0.797. The van der Waals surface area contributed by atoms with Gasteiger partial charge < -0.3 is 14.2 Å². The van der Waals surface area contributed by atoms with E-state index in [0.29, 0.717) is 19.4 Å². The Labute approximate surface area is 398 Å². The molecule has 0 aromatic carbocycles. The minimum Gasteiger partial charge on any atom is -0.462 e. The molecule has 5 nitrogen and oxygen atoms in total. The van der Waals surface area contributed by atoms with Crippen LogP contribution in [0.1, 0.15) is 278 Å². The SMILES string of the molecule is CC/C=C\C/C=C\C/C=C\CCCCCCCCCC(=O)OC(COCCCCCCCCCCCCCC)COC(=O)CCCCCCCCCCC/C=C\C/C=C\CCCCC. The van der Waals surface area contributed by atoms with Crippen molar-refractivity contribution >= 4 is 11.9 Å². The second-order valence-electron chi connectivity index (χ2n) is 18.5. The van der Waals surface area contributed by atoms with Gasteiger partial charge in [0.2, 0.25) is 0 Å². The zero-order chi connectivity index (χ0) is 46.3. The molecule has 0 bridgehead atoms. The van der Waals surface area contributed by atoms with Crippen molar-refractivity contribution in [3.8, 4) is 0 Å². The lowest BCUT2D eigenvalue weighted by Gasteiger charge is -2.18. The van der Waals surface area contributed by atoms with Gasteiger partial charge in [-0.3, -0.25) is 9.59 Å². The molecule has 0 aromatic heterocycles. The zero-order valence-electron chi connectivity index (χ0n) is 42.8. The molecule has 1 unspecified atom stereocenters. The van der Waals surface area contributed by atoms with Gasteiger partial charge in [0.05, 0.1) is 6.61 Å². The maximum Gasteiger partial charge on any atom is 0.306 e. The van der Waals surface area contributed by atoms with E-state index in [4.69, 9.17) is 14.2 Å². The monoisotopic (exact) mass is 895 g/mol. The molecule has 0 rings (SSSR count). The predicted octanol–water partition coefficient (Wildman–Crippen LogP) is 18.9. The molecule has 0 aliphatic heterocycles. The third kappa shape index (κ3) is 52.2. The number of hydrogen-bond donors (Lipinski definition) is 0. The minimum absolute atomic E-state index is 0.0809. The third-order valence-corrected chi connectivity index (χ3v) is 12.0. The molecule has 64 heavy (non-hydrogen) atoms. The summed E-state index contributed by atoms with van der Waals surface area (Å²) < 4.78 is 17.4. The average Bonchev–Trinajstić information content (AvgIpc) is 3.30. The smallest absolute Gasteiger partial charge is 0.306 e. The van der Waals surface area contributed by atoms with Crippen LogP contribution in [-0.2, 0) is 23.8 Å². The minimum atomic E-state index is -0.542. The lowest BCUT2D eigenvalue weighted by Crippen LogP contribution is -2.30. The average molecular weight is 895 g/mol. The number of unbranched alkanes of at least 4 members (excludes halogenated alkanes) is 30. The summed E-state index contributed by atoms with van der Waals surface area (Å²) in [6.45, 7) is 7.72. The molecule has 1 atom stereocenters. The lowest BCUT2D eigenvalue weighted by atomic mass is 10.1. The number of carbonyl (C=O) groups is 2. The lowest BCUT2D eigenvalue weighted by molar-refractivity contribution is -0.163. The molecule has 0 aliphatic carbocycles. The van der Waals surface area contributed by atoms with E-state index < -0.39 is 6.10 Å². The third-order valence-electron chi connectivity index (χ3n) is 12.0. The molecule has 0 spiro atoms. The van der Waals surface area contributed by atoms with E-state index >= 15 is 0 Å². The van der Waals surface area contributed by atoms with E-state index in [-0.39, 0.29) is 25.2 Å². The fourth-order valence-electron chi connectivity index (χ4n) is 7.91. The maximum atomic E-state index is 12.8. The van der Waals surface area contributed by atoms with Gasteiger partial charge in [0.25, 0.3) is 0 Å². The van der Waals surface area contributed by atoms with Crippen molar-refractivity contribution in [3.05, 3.63) is 60.8 Å². The standard InChI is InChI=1S/C59H106O5/c1-4-7-10-13-16-19-22-25-27-29-30-32-33-35-37-40-43-46-49-52-58(60)63-56-57(55-62-54-51-48-45-42-39-24-21-18-15-12-9-6-3)64-59(61)53-50-47-44-41-38-36-34-31-28-26-23-20-17-14-11-8-5-2/h8,11,16-17,19-20,25-28,57H,4-7,9-10,12-15,18,21-24,29-56H2,1-3H3/b11-8-,19-16-,20-17-,27-25-,28-26-. The number of rotatable bonds is 51. The fourth-order valence-corrected chi connectivity index (χ4v) is 7.91. The van der Waals surface area contributed by atoms with Crippen LogP contribution in [0.15, 0.2) is 60.8 Å². The van der Waals surface area contributed by atoms with Gasteiger partial charge >= 0.3 is 11.9 Å². The van der Waals surface area contributed by atoms with Gasteiger partial charge in [0.15, 0.2) is 6.10 Å². The van der Waals surface area contributed by atoms with Crippen LogP contribution in [0.25, 0.3) is 0 Å². The summed E-state index contributed by atoms with van der Waals surface area (Å²) in [7, 11) is 0. The second kappa shape index (κ2) is 54.9. The van der Waals surface area contributed by atoms with Crippen molar-refractivity contribution in [2.45, 2.75) is 284 Å². The highest BCUT2D eigenvalue weighted by molar-refractivity contribution is 5.70. The van der Waals surface area contributed by atoms with E-state index in [1.165, 1.54) is 167 Å². The van der Waals surface area contributed by atoms with Crippen LogP contribution in [0.2, 0.25) is 0 Å². The highest BCUT2D eigenvalue weighted by Crippen LogP contribution is 2.15. The topological polar surface area (TPSA) is 61.8 Å². The van der Waals surface area contributed by atoms with Crippen molar-refractivity contribution in [1.82, 2.24) is 0 Å². The van der Waals surface area contributed by atoms with Crippen LogP contribution in [0.5, 0.6) is 0 Å². The van der Waals surface area contributed by atoms with E-state index in [2.05, 4.69) is 81.5 Å². The number of carbonyl (C=O) groups excluding carboxylic acids is 2. The molecule has 0 N–H and O–H groups in total. The van der Waals surface area contributed by atoms with Gasteiger partial charge in [-0.05, 0) is 83.5 Å². The zero-order valence-corrected chi connectivity index (χ0v) is 42.8. The summed E-state index contributed by atoms with van der Waals surface area (Å²) in [4.78, 5) is 25.5. The molecule has 372 valence electrons. The molecule has 0 radical (unpaired) electrons. The summed E-state index contributed by atoms with van der Waals surface area (Å²) in [5, 5.41) is 0. The number of allylic oxidation sites excluding steroid dienone is 10. The van der Waals surface area contributed by atoms with Gasteiger partial charge in [-0.1, -0.05) is 242 Å². The van der Waals surface area contributed by atoms with E-state index in [9.17, 15) is 9.59 Å². The summed E-state index contributed by atoms with van der Waals surface area (Å²) in [6, 6.07) is 0. The van der Waals surface area contributed by atoms with E-state index in [1.807, 2.05) is 0 Å². The maximum absolute atomic E-state index is 12.8. The number of hydrogen-bond acceptors (Lipinski definition) is 5. The molecule has 0 aromatic rings. The van der Waals surface area contributed by atoms with Crippen molar-refractivity contribution in [3.63, 3.8) is 0 Å². The molecule has 0 saturated carbocycles. The van der Waals surface area contributed by atoms with Gasteiger partial charge in [-0.2, -0.15) is 0 Å². The molecule has 0 heterocycles. The van der Waals surface area contributed by atoms with E-state index in [0.717, 1.165) is 77.0 Å². The summed E-state index contributed by atoms with van der Waals surface area (Å²) in [6.07, 6.45) is 69.4. The van der Waals surface area contributed by atoms with Crippen LogP contribution >= 0.6 is 0 Å². The van der Waals surface area contributed by atoms with Crippen LogP contribution in [0, 0.1) is 0 Å². The van der Waals surface area contributed by atoms with Crippen LogP contribution in [-0.4, -0.2) is 37.9 Å².